The summed E-state index contributed by atoms with van der Waals surface area (Å²) < 4.78 is 2.47. The van der Waals surface area contributed by atoms with Gasteiger partial charge in [0.25, 0.3) is 0 Å². The number of amides is 1. The van der Waals surface area contributed by atoms with Gasteiger partial charge in [-0.3, -0.25) is 4.79 Å². The Labute approximate surface area is 178 Å². The van der Waals surface area contributed by atoms with E-state index in [2.05, 4.69) is 20.9 Å². The molecule has 1 amide bonds. The molecule has 2 heterocycles. The summed E-state index contributed by atoms with van der Waals surface area (Å²) >= 11 is 3.63. The van der Waals surface area contributed by atoms with Gasteiger partial charge in [-0.1, -0.05) is 63.8 Å². The van der Waals surface area contributed by atoms with E-state index in [0.29, 0.717) is 11.4 Å². The predicted molar refractivity (Wildman–Crippen MR) is 117 cm³/mol. The summed E-state index contributed by atoms with van der Waals surface area (Å²) in [4.78, 5) is 18.0. The topological polar surface area (TPSA) is 37.1 Å². The van der Waals surface area contributed by atoms with Gasteiger partial charge >= 0.3 is 5.91 Å². The van der Waals surface area contributed by atoms with Crippen molar-refractivity contribution in [2.75, 3.05) is 5.01 Å². The van der Waals surface area contributed by atoms with Crippen LogP contribution in [-0.4, -0.2) is 10.9 Å². The highest BCUT2D eigenvalue weighted by Crippen LogP contribution is 2.29. The van der Waals surface area contributed by atoms with Crippen molar-refractivity contribution in [2.45, 2.75) is 6.92 Å². The van der Waals surface area contributed by atoms with Gasteiger partial charge in [-0.15, -0.1) is 0 Å². The average Bonchev–Trinajstić information content (AvgIpc) is 2.77. The number of aryl methyl sites for hydroxylation is 1. The number of pyridine rings is 2. The Bertz CT molecular complexity index is 1130. The number of hydrogen-bond donors (Lipinski definition) is 0. The summed E-state index contributed by atoms with van der Waals surface area (Å²) in [6, 6.07) is 25.2. The normalized spacial score (nSPS) is 10.6. The summed E-state index contributed by atoms with van der Waals surface area (Å²) in [5.74, 6) is 0.355. The zero-order chi connectivity index (χ0) is 20.2. The van der Waals surface area contributed by atoms with Gasteiger partial charge in [0.15, 0.2) is 0 Å². The second kappa shape index (κ2) is 8.37. The van der Waals surface area contributed by atoms with Gasteiger partial charge in [0.1, 0.15) is 0 Å². The van der Waals surface area contributed by atoms with E-state index in [0.717, 1.165) is 21.2 Å². The first-order valence-corrected chi connectivity index (χ1v) is 10.0. The number of rotatable bonds is 4. The maximum Gasteiger partial charge on any atom is 0.316 e. The lowest BCUT2D eigenvalue weighted by Gasteiger charge is -2.17. The van der Waals surface area contributed by atoms with Gasteiger partial charge in [-0.05, 0) is 46.6 Å². The van der Waals surface area contributed by atoms with Crippen LogP contribution in [0.3, 0.4) is 0 Å². The molecule has 0 N–H and O–H groups in total. The summed E-state index contributed by atoms with van der Waals surface area (Å²) in [5.41, 5.74) is 3.73. The van der Waals surface area contributed by atoms with Crippen molar-refractivity contribution in [3.63, 3.8) is 0 Å². The smallest absolute Gasteiger partial charge is 0.263 e. The first-order chi connectivity index (χ1) is 14.1. The molecule has 0 saturated heterocycles. The van der Waals surface area contributed by atoms with E-state index >= 15 is 0 Å². The maximum atomic E-state index is 13.4. The fourth-order valence-corrected chi connectivity index (χ4v) is 3.54. The van der Waals surface area contributed by atoms with E-state index in [1.165, 1.54) is 0 Å². The molecule has 0 radical (unpaired) electrons. The average molecular weight is 445 g/mol. The molecular weight excluding hydrogens is 426 g/mol. The van der Waals surface area contributed by atoms with Crippen LogP contribution in [0.1, 0.15) is 15.9 Å². The van der Waals surface area contributed by atoms with Crippen molar-refractivity contribution in [3.05, 3.63) is 113 Å². The summed E-state index contributed by atoms with van der Waals surface area (Å²) in [6.45, 7) is 2.00. The number of halogens is 1. The molecule has 4 aromatic rings. The number of carbonyl (C=O) groups is 1. The van der Waals surface area contributed by atoms with Gasteiger partial charge in [0.05, 0.1) is 4.47 Å². The predicted octanol–water partition coefficient (Wildman–Crippen LogP) is 5.22. The number of aromatic nitrogens is 2. The zero-order valence-electron chi connectivity index (χ0n) is 15.9. The summed E-state index contributed by atoms with van der Waals surface area (Å²) in [6.07, 6.45) is 5.44. The van der Waals surface area contributed by atoms with Gasteiger partial charge in [-0.25, -0.2) is 4.98 Å². The fraction of sp³-hybridized carbons (Fsp3) is 0.0417. The first kappa shape index (κ1) is 19.0. The minimum atomic E-state index is -0.165. The molecule has 0 bridgehead atoms. The van der Waals surface area contributed by atoms with Crippen LogP contribution in [0.2, 0.25) is 0 Å². The molecule has 0 spiro atoms. The highest BCUT2D eigenvalue weighted by atomic mass is 79.9. The molecule has 0 fully saturated rings. The van der Waals surface area contributed by atoms with Crippen LogP contribution in [0.25, 0.3) is 11.1 Å². The van der Waals surface area contributed by atoms with E-state index in [4.69, 9.17) is 0 Å². The van der Waals surface area contributed by atoms with Crippen LogP contribution < -0.4 is 9.69 Å². The monoisotopic (exact) mass is 444 g/mol. The Morgan fingerprint density at radius 3 is 2.21 bits per heavy atom. The van der Waals surface area contributed by atoms with Crippen molar-refractivity contribution >= 4 is 27.7 Å². The minimum Gasteiger partial charge on any atom is -0.263 e. The largest absolute Gasteiger partial charge is 0.316 e. The molecule has 0 unspecified atom stereocenters. The van der Waals surface area contributed by atoms with Gasteiger partial charge < -0.3 is 0 Å². The van der Waals surface area contributed by atoms with Gasteiger partial charge in [0, 0.05) is 29.5 Å². The molecular formula is C24H19BrN3O+. The SMILES string of the molecule is Cc1ccc(C(=O)N(c2ncc(-c3ccccc3)cc2Br)[n+]2ccccc2)cc1. The third-order valence-electron chi connectivity index (χ3n) is 4.55. The van der Waals surface area contributed by atoms with Gasteiger partial charge in [0.2, 0.25) is 18.2 Å². The fourth-order valence-electron chi connectivity index (χ4n) is 3.03. The third-order valence-corrected chi connectivity index (χ3v) is 5.13. The quantitative estimate of drug-likeness (QED) is 0.404. The van der Waals surface area contributed by atoms with Crippen molar-refractivity contribution in [2.24, 2.45) is 0 Å². The van der Waals surface area contributed by atoms with Crippen LogP contribution in [0, 0.1) is 6.92 Å². The minimum absolute atomic E-state index is 0.165. The molecule has 0 atom stereocenters. The molecule has 0 saturated carbocycles. The van der Waals surface area contributed by atoms with E-state index in [1.807, 2.05) is 98.2 Å². The highest BCUT2D eigenvalue weighted by Gasteiger charge is 2.29. The Balaban J connectivity index is 1.79. The lowest BCUT2D eigenvalue weighted by molar-refractivity contribution is -0.674. The standard InChI is InChI=1S/C24H19BrN3O/c1-18-10-12-20(13-11-18)24(29)28(27-14-6-3-7-15-27)23-22(25)16-21(17-26-23)19-8-4-2-5-9-19/h2-17H,1H3/q+1. The molecule has 4 nitrogen and oxygen atoms in total. The summed E-state index contributed by atoms with van der Waals surface area (Å²) in [7, 11) is 0. The molecule has 29 heavy (non-hydrogen) atoms. The lowest BCUT2D eigenvalue weighted by Crippen LogP contribution is -2.57. The molecule has 5 heteroatoms. The number of carbonyl (C=O) groups excluding carboxylic acids is 1. The molecule has 4 rings (SSSR count). The van der Waals surface area contributed by atoms with Gasteiger partial charge in [-0.2, -0.15) is 0 Å². The number of nitrogens with zero attached hydrogens (tertiary/aromatic N) is 3. The second-order valence-corrected chi connectivity index (χ2v) is 7.49. The van der Waals surface area contributed by atoms with E-state index in [9.17, 15) is 4.79 Å². The molecule has 2 aromatic carbocycles. The van der Waals surface area contributed by atoms with Crippen LogP contribution >= 0.6 is 15.9 Å². The van der Waals surface area contributed by atoms with Crippen LogP contribution in [-0.2, 0) is 0 Å². The van der Waals surface area contributed by atoms with E-state index in [-0.39, 0.29) is 5.91 Å². The number of hydrogen-bond acceptors (Lipinski definition) is 2. The first-order valence-electron chi connectivity index (χ1n) is 9.22. The van der Waals surface area contributed by atoms with Crippen molar-refractivity contribution in [1.29, 1.82) is 0 Å². The Hall–Kier alpha value is -3.31. The molecule has 0 aliphatic rings. The third kappa shape index (κ3) is 4.10. The van der Waals surface area contributed by atoms with Crippen LogP contribution in [0.5, 0.6) is 0 Å². The Morgan fingerprint density at radius 1 is 0.897 bits per heavy atom. The van der Waals surface area contributed by atoms with Crippen molar-refractivity contribution < 1.29 is 9.47 Å². The highest BCUT2D eigenvalue weighted by molar-refractivity contribution is 9.10. The number of benzene rings is 2. The Kier molecular flexibility index (Phi) is 5.49. The Morgan fingerprint density at radius 2 is 1.55 bits per heavy atom. The molecule has 142 valence electrons. The lowest BCUT2D eigenvalue weighted by atomic mass is 10.1. The second-order valence-electron chi connectivity index (χ2n) is 6.63. The van der Waals surface area contributed by atoms with E-state index in [1.54, 1.807) is 15.9 Å². The molecule has 0 aliphatic heterocycles. The van der Waals surface area contributed by atoms with Crippen molar-refractivity contribution in [1.82, 2.24) is 4.98 Å². The van der Waals surface area contributed by atoms with Crippen LogP contribution in [0.4, 0.5) is 5.82 Å². The molecule has 2 aromatic heterocycles. The molecule has 0 aliphatic carbocycles. The zero-order valence-corrected chi connectivity index (χ0v) is 17.5. The van der Waals surface area contributed by atoms with E-state index < -0.39 is 0 Å². The summed E-state index contributed by atoms with van der Waals surface area (Å²) in [5, 5.41) is 1.56. The van der Waals surface area contributed by atoms with Crippen molar-refractivity contribution in [3.8, 4) is 11.1 Å². The maximum absolute atomic E-state index is 13.4. The number of anilines is 1. The van der Waals surface area contributed by atoms with Crippen LogP contribution in [0.15, 0.2) is 102 Å².